The number of benzene rings is 3. The number of carbonyl (C=O) groups excluding carboxylic acids is 1. The van der Waals surface area contributed by atoms with Crippen LogP contribution in [0.2, 0.25) is 0 Å². The molecule has 0 heterocycles. The van der Waals surface area contributed by atoms with Crippen LogP contribution in [0, 0.1) is 3.57 Å². The third kappa shape index (κ3) is 4.06. The molecule has 0 atom stereocenters. The van der Waals surface area contributed by atoms with Crippen LogP contribution in [0.3, 0.4) is 0 Å². The fourth-order valence-electron chi connectivity index (χ4n) is 2.70. The molecule has 0 saturated carbocycles. The summed E-state index contributed by atoms with van der Waals surface area (Å²) in [5, 5.41) is 3.95. The van der Waals surface area contributed by atoms with Crippen LogP contribution < -0.4 is 10.1 Å². The lowest BCUT2D eigenvalue weighted by molar-refractivity contribution is -0.137. The molecule has 0 aliphatic rings. The van der Waals surface area contributed by atoms with E-state index in [1.165, 1.54) is 19.2 Å². The largest absolute Gasteiger partial charge is 0.495 e. The van der Waals surface area contributed by atoms with Crippen LogP contribution in [0.1, 0.15) is 15.9 Å². The molecule has 3 aromatic carbocycles. The molecule has 0 bridgehead atoms. The van der Waals surface area contributed by atoms with E-state index in [0.717, 1.165) is 16.8 Å². The van der Waals surface area contributed by atoms with Gasteiger partial charge in [0.1, 0.15) is 5.75 Å². The molecule has 1 N–H and O–H groups in total. The van der Waals surface area contributed by atoms with Gasteiger partial charge < -0.3 is 10.1 Å². The predicted octanol–water partition coefficient (Wildman–Crippen LogP) is 6.49. The van der Waals surface area contributed by atoms with Crippen molar-refractivity contribution in [3.63, 3.8) is 0 Å². The van der Waals surface area contributed by atoms with Crippen LogP contribution in [0.25, 0.3) is 10.8 Å². The summed E-state index contributed by atoms with van der Waals surface area (Å²) < 4.78 is 46.2. The van der Waals surface area contributed by atoms with Gasteiger partial charge >= 0.3 is 6.18 Å². The monoisotopic (exact) mass is 549 g/mol. The standard InChI is InChI=1S/C19H12BrF3INO2/c1-27-17-13(8-10-4-2-3-5-12(10)16(17)20)18(26)25-15-7-6-11(24)9-14(15)19(21,22)23/h2-9H,1H3,(H,25,26). The number of halogens is 5. The summed E-state index contributed by atoms with van der Waals surface area (Å²) >= 11 is 5.21. The average Bonchev–Trinajstić information content (AvgIpc) is 2.62. The maximum Gasteiger partial charge on any atom is 0.418 e. The highest BCUT2D eigenvalue weighted by atomic mass is 127. The molecule has 0 saturated heterocycles. The summed E-state index contributed by atoms with van der Waals surface area (Å²) in [4.78, 5) is 12.8. The van der Waals surface area contributed by atoms with Crippen molar-refractivity contribution in [3.8, 4) is 5.75 Å². The van der Waals surface area contributed by atoms with Gasteiger partial charge in [0, 0.05) is 3.57 Å². The van der Waals surface area contributed by atoms with Crippen molar-refractivity contribution in [1.82, 2.24) is 0 Å². The molecule has 8 heteroatoms. The van der Waals surface area contributed by atoms with E-state index >= 15 is 0 Å². The Hall–Kier alpha value is -1.81. The van der Waals surface area contributed by atoms with Crippen LogP contribution in [0.15, 0.2) is 53.0 Å². The number of amides is 1. The number of hydrogen-bond donors (Lipinski definition) is 1. The van der Waals surface area contributed by atoms with Gasteiger partial charge in [0.25, 0.3) is 5.91 Å². The zero-order valence-electron chi connectivity index (χ0n) is 13.8. The molecule has 27 heavy (non-hydrogen) atoms. The molecule has 0 spiro atoms. The van der Waals surface area contributed by atoms with Crippen molar-refractivity contribution >= 4 is 60.9 Å². The minimum Gasteiger partial charge on any atom is -0.495 e. The van der Waals surface area contributed by atoms with Gasteiger partial charge in [0.05, 0.1) is 28.4 Å². The van der Waals surface area contributed by atoms with E-state index in [4.69, 9.17) is 4.74 Å². The van der Waals surface area contributed by atoms with Gasteiger partial charge in [0.15, 0.2) is 0 Å². The fraction of sp³-hybridized carbons (Fsp3) is 0.105. The number of nitrogens with one attached hydrogen (secondary N) is 1. The minimum absolute atomic E-state index is 0.134. The third-order valence-electron chi connectivity index (χ3n) is 3.93. The molecule has 0 aliphatic heterocycles. The van der Waals surface area contributed by atoms with Gasteiger partial charge in [-0.1, -0.05) is 24.3 Å². The first-order valence-corrected chi connectivity index (χ1v) is 9.53. The topological polar surface area (TPSA) is 38.3 Å². The lowest BCUT2D eigenvalue weighted by atomic mass is 10.0. The van der Waals surface area contributed by atoms with Gasteiger partial charge in [-0.3, -0.25) is 4.79 Å². The van der Waals surface area contributed by atoms with Crippen LogP contribution in [-0.4, -0.2) is 13.0 Å². The van der Waals surface area contributed by atoms with E-state index < -0.39 is 17.6 Å². The Labute approximate surface area is 175 Å². The van der Waals surface area contributed by atoms with Gasteiger partial charge in [-0.25, -0.2) is 0 Å². The van der Waals surface area contributed by atoms with E-state index in [1.54, 1.807) is 28.7 Å². The van der Waals surface area contributed by atoms with Crippen molar-refractivity contribution in [2.45, 2.75) is 6.18 Å². The number of fused-ring (bicyclic) bond motifs is 1. The van der Waals surface area contributed by atoms with Gasteiger partial charge in [-0.15, -0.1) is 0 Å². The second-order valence-electron chi connectivity index (χ2n) is 5.63. The SMILES string of the molecule is COc1c(C(=O)Nc2ccc(I)cc2C(F)(F)F)cc2ccccc2c1Br. The molecule has 0 unspecified atom stereocenters. The number of hydrogen-bond acceptors (Lipinski definition) is 2. The number of methoxy groups -OCH3 is 1. The quantitative estimate of drug-likeness (QED) is 0.379. The van der Waals surface area contributed by atoms with E-state index in [1.807, 2.05) is 24.3 Å². The molecule has 140 valence electrons. The highest BCUT2D eigenvalue weighted by Gasteiger charge is 2.34. The Balaban J connectivity index is 2.08. The number of rotatable bonds is 3. The average molecular weight is 550 g/mol. The molecule has 1 amide bonds. The third-order valence-corrected chi connectivity index (χ3v) is 5.38. The predicted molar refractivity (Wildman–Crippen MR) is 110 cm³/mol. The van der Waals surface area contributed by atoms with Gasteiger partial charge in [-0.2, -0.15) is 13.2 Å². The van der Waals surface area contributed by atoms with E-state index in [9.17, 15) is 18.0 Å². The highest BCUT2D eigenvalue weighted by Crippen LogP contribution is 2.39. The maximum atomic E-state index is 13.3. The lowest BCUT2D eigenvalue weighted by Gasteiger charge is -2.16. The first kappa shape index (κ1) is 19.9. The summed E-state index contributed by atoms with van der Waals surface area (Å²) in [6.45, 7) is 0. The van der Waals surface area contributed by atoms with Crippen molar-refractivity contribution in [2.24, 2.45) is 0 Å². The summed E-state index contributed by atoms with van der Waals surface area (Å²) in [5.74, 6) is -0.435. The molecule has 0 aromatic heterocycles. The summed E-state index contributed by atoms with van der Waals surface area (Å²) in [6.07, 6.45) is -4.59. The molecule has 0 fully saturated rings. The Morgan fingerprint density at radius 2 is 1.85 bits per heavy atom. The minimum atomic E-state index is -4.59. The van der Waals surface area contributed by atoms with Crippen LogP contribution >= 0.6 is 38.5 Å². The fourth-order valence-corrected chi connectivity index (χ4v) is 3.93. The van der Waals surface area contributed by atoms with Crippen LogP contribution in [-0.2, 0) is 6.18 Å². The molecular weight excluding hydrogens is 538 g/mol. The Bertz CT molecular complexity index is 1040. The summed E-state index contributed by atoms with van der Waals surface area (Å²) in [5.41, 5.74) is -1.07. The van der Waals surface area contributed by atoms with E-state index in [-0.39, 0.29) is 17.0 Å². The highest BCUT2D eigenvalue weighted by molar-refractivity contribution is 14.1. The number of carbonyl (C=O) groups is 1. The normalized spacial score (nSPS) is 11.5. The first-order valence-electron chi connectivity index (χ1n) is 7.65. The number of ether oxygens (including phenoxy) is 1. The van der Waals surface area contributed by atoms with Crippen LogP contribution in [0.4, 0.5) is 18.9 Å². The van der Waals surface area contributed by atoms with Crippen molar-refractivity contribution in [1.29, 1.82) is 0 Å². The summed E-state index contributed by atoms with van der Waals surface area (Å²) in [6, 6.07) is 12.6. The zero-order valence-corrected chi connectivity index (χ0v) is 17.6. The molecule has 3 aromatic rings. The van der Waals surface area contributed by atoms with E-state index in [0.29, 0.717) is 8.04 Å². The Kier molecular flexibility index (Phi) is 5.66. The molecule has 3 nitrogen and oxygen atoms in total. The maximum absolute atomic E-state index is 13.3. The van der Waals surface area contributed by atoms with Crippen molar-refractivity contribution in [2.75, 3.05) is 12.4 Å². The molecule has 3 rings (SSSR count). The van der Waals surface area contributed by atoms with Crippen molar-refractivity contribution in [3.05, 3.63) is 67.7 Å². The summed E-state index contributed by atoms with van der Waals surface area (Å²) in [7, 11) is 1.40. The van der Waals surface area contributed by atoms with Gasteiger partial charge in [-0.05, 0) is 73.6 Å². The Morgan fingerprint density at radius 1 is 1.15 bits per heavy atom. The van der Waals surface area contributed by atoms with E-state index in [2.05, 4.69) is 21.2 Å². The van der Waals surface area contributed by atoms with Crippen LogP contribution in [0.5, 0.6) is 5.75 Å². The van der Waals surface area contributed by atoms with Crippen molar-refractivity contribution < 1.29 is 22.7 Å². The molecule has 0 aliphatic carbocycles. The lowest BCUT2D eigenvalue weighted by Crippen LogP contribution is -2.17. The number of anilines is 1. The van der Waals surface area contributed by atoms with Gasteiger partial charge in [0.2, 0.25) is 0 Å². The molecule has 0 radical (unpaired) electrons. The zero-order chi connectivity index (χ0) is 19.8. The molecular formula is C19H12BrF3INO2. The smallest absolute Gasteiger partial charge is 0.418 e. The first-order chi connectivity index (χ1) is 12.7. The second kappa shape index (κ2) is 7.67. The Morgan fingerprint density at radius 3 is 2.52 bits per heavy atom. The number of alkyl halides is 3. The second-order valence-corrected chi connectivity index (χ2v) is 7.67.